The fourth-order valence-electron chi connectivity index (χ4n) is 2.00. The Hall–Kier alpha value is -2.08. The van der Waals surface area contributed by atoms with E-state index >= 15 is 0 Å². The van der Waals surface area contributed by atoms with Crippen LogP contribution in [0.1, 0.15) is 18.9 Å². The van der Waals surface area contributed by atoms with E-state index < -0.39 is 24.0 Å². The van der Waals surface area contributed by atoms with Crippen molar-refractivity contribution in [1.82, 2.24) is 4.90 Å². The van der Waals surface area contributed by atoms with Crippen LogP contribution in [0.25, 0.3) is 0 Å². The van der Waals surface area contributed by atoms with Crippen molar-refractivity contribution in [2.45, 2.75) is 31.8 Å². The fraction of sp³-hybridized carbons (Fsp3) is 0.429. The van der Waals surface area contributed by atoms with Gasteiger partial charge in [0.2, 0.25) is 5.91 Å². The van der Waals surface area contributed by atoms with Crippen LogP contribution in [0, 0.1) is 0 Å². The van der Waals surface area contributed by atoms with Crippen LogP contribution in [0.2, 0.25) is 0 Å². The molecule has 0 aliphatic heterocycles. The lowest BCUT2D eigenvalue weighted by atomic mass is 10.0. The van der Waals surface area contributed by atoms with Crippen LogP contribution in [0.15, 0.2) is 24.3 Å². The molecule has 20 heavy (non-hydrogen) atoms. The van der Waals surface area contributed by atoms with E-state index in [1.807, 2.05) is 0 Å². The van der Waals surface area contributed by atoms with Crippen molar-refractivity contribution < 1.29 is 19.8 Å². The summed E-state index contributed by atoms with van der Waals surface area (Å²) in [5.41, 5.74) is 6.64. The molecule has 0 saturated heterocycles. The number of carboxylic acids is 1. The Bertz CT molecular complexity index is 473. The minimum absolute atomic E-state index is 0.141. The number of aromatic hydroxyl groups is 1. The highest BCUT2D eigenvalue weighted by Gasteiger charge is 2.28. The molecular formula is C14H20N2O4. The Morgan fingerprint density at radius 3 is 2.30 bits per heavy atom. The number of amides is 1. The standard InChI is InChI=1S/C14H20N2O4/c1-3-12(14(19)20)16(2)13(18)11(15)8-9-4-6-10(17)7-5-9/h4-7,11-12,17H,3,8,15H2,1-2H3,(H,19,20)/t11-,12?/m0/s1. The van der Waals surface area contributed by atoms with Crippen LogP contribution in [0.3, 0.4) is 0 Å². The highest BCUT2D eigenvalue weighted by molar-refractivity contribution is 5.86. The van der Waals surface area contributed by atoms with Gasteiger partial charge in [-0.1, -0.05) is 19.1 Å². The van der Waals surface area contributed by atoms with Gasteiger partial charge in [0.1, 0.15) is 11.8 Å². The maximum Gasteiger partial charge on any atom is 0.326 e. The number of nitrogens with two attached hydrogens (primary N) is 1. The average Bonchev–Trinajstić information content (AvgIpc) is 2.40. The molecule has 4 N–H and O–H groups in total. The molecule has 1 aromatic carbocycles. The molecule has 0 saturated carbocycles. The zero-order chi connectivity index (χ0) is 15.3. The summed E-state index contributed by atoms with van der Waals surface area (Å²) in [5.74, 6) is -1.31. The summed E-state index contributed by atoms with van der Waals surface area (Å²) in [5, 5.41) is 18.2. The van der Waals surface area contributed by atoms with Gasteiger partial charge in [-0.15, -0.1) is 0 Å². The molecule has 6 heteroatoms. The maximum atomic E-state index is 12.1. The van der Waals surface area contributed by atoms with E-state index in [-0.39, 0.29) is 5.75 Å². The second-order valence-corrected chi connectivity index (χ2v) is 4.69. The minimum atomic E-state index is -1.04. The van der Waals surface area contributed by atoms with Crippen molar-refractivity contribution in [1.29, 1.82) is 0 Å². The summed E-state index contributed by atoms with van der Waals surface area (Å²) in [4.78, 5) is 24.3. The number of carboxylic acid groups (broad SMARTS) is 1. The molecule has 0 spiro atoms. The number of aliphatic carboxylic acids is 1. The van der Waals surface area contributed by atoms with Crippen molar-refractivity contribution in [2.75, 3.05) is 7.05 Å². The maximum absolute atomic E-state index is 12.1. The van der Waals surface area contributed by atoms with Gasteiger partial charge < -0.3 is 20.8 Å². The molecule has 0 aromatic heterocycles. The molecular weight excluding hydrogens is 260 g/mol. The summed E-state index contributed by atoms with van der Waals surface area (Å²) in [7, 11) is 1.45. The van der Waals surface area contributed by atoms with Gasteiger partial charge in [-0.2, -0.15) is 0 Å². The Kier molecular flexibility index (Phi) is 5.52. The zero-order valence-electron chi connectivity index (χ0n) is 11.6. The predicted molar refractivity (Wildman–Crippen MR) is 74.3 cm³/mol. The van der Waals surface area contributed by atoms with Crippen LogP contribution in [0.4, 0.5) is 0 Å². The second kappa shape index (κ2) is 6.91. The molecule has 110 valence electrons. The van der Waals surface area contributed by atoms with Crippen molar-refractivity contribution in [3.8, 4) is 5.75 Å². The van der Waals surface area contributed by atoms with E-state index in [9.17, 15) is 14.7 Å². The Morgan fingerprint density at radius 2 is 1.85 bits per heavy atom. The van der Waals surface area contributed by atoms with Gasteiger partial charge in [0, 0.05) is 7.05 Å². The van der Waals surface area contributed by atoms with Crippen molar-refractivity contribution in [2.24, 2.45) is 5.73 Å². The molecule has 0 bridgehead atoms. The first kappa shape index (κ1) is 16.0. The Morgan fingerprint density at radius 1 is 1.30 bits per heavy atom. The zero-order valence-corrected chi connectivity index (χ0v) is 11.6. The van der Waals surface area contributed by atoms with Gasteiger partial charge in [0.05, 0.1) is 6.04 Å². The number of hydrogen-bond acceptors (Lipinski definition) is 4. The molecule has 0 aliphatic rings. The van der Waals surface area contributed by atoms with Crippen LogP contribution in [-0.2, 0) is 16.0 Å². The number of carbonyl (C=O) groups excluding carboxylic acids is 1. The topological polar surface area (TPSA) is 104 Å². The van der Waals surface area contributed by atoms with Crippen LogP contribution < -0.4 is 5.73 Å². The summed E-state index contributed by atoms with van der Waals surface area (Å²) >= 11 is 0. The van der Waals surface area contributed by atoms with E-state index in [1.54, 1.807) is 19.1 Å². The van der Waals surface area contributed by atoms with Gasteiger partial charge in [-0.3, -0.25) is 4.79 Å². The van der Waals surface area contributed by atoms with E-state index in [0.29, 0.717) is 12.8 Å². The first-order valence-electron chi connectivity index (χ1n) is 6.39. The molecule has 2 atom stereocenters. The smallest absolute Gasteiger partial charge is 0.326 e. The number of phenols is 1. The molecule has 0 fully saturated rings. The lowest BCUT2D eigenvalue weighted by molar-refractivity contribution is -0.149. The first-order chi connectivity index (χ1) is 9.36. The average molecular weight is 280 g/mol. The minimum Gasteiger partial charge on any atom is -0.508 e. The number of likely N-dealkylation sites (N-methyl/N-ethyl adjacent to an activating group) is 1. The van der Waals surface area contributed by atoms with Crippen LogP contribution in [0.5, 0.6) is 5.75 Å². The summed E-state index contributed by atoms with van der Waals surface area (Å²) < 4.78 is 0. The van der Waals surface area contributed by atoms with Gasteiger partial charge in [0.15, 0.2) is 0 Å². The third-order valence-electron chi connectivity index (χ3n) is 3.20. The van der Waals surface area contributed by atoms with Crippen LogP contribution >= 0.6 is 0 Å². The molecule has 1 aromatic rings. The number of phenolic OH excluding ortho intramolecular Hbond substituents is 1. The summed E-state index contributed by atoms with van der Waals surface area (Å²) in [6.45, 7) is 1.70. The largest absolute Gasteiger partial charge is 0.508 e. The van der Waals surface area contributed by atoms with Crippen molar-refractivity contribution >= 4 is 11.9 Å². The highest BCUT2D eigenvalue weighted by Crippen LogP contribution is 2.12. The third kappa shape index (κ3) is 3.96. The summed E-state index contributed by atoms with van der Waals surface area (Å²) in [6.07, 6.45) is 0.614. The van der Waals surface area contributed by atoms with E-state index in [4.69, 9.17) is 10.8 Å². The lowest BCUT2D eigenvalue weighted by Gasteiger charge is -2.26. The number of rotatable bonds is 6. The van der Waals surface area contributed by atoms with Crippen molar-refractivity contribution in [3.05, 3.63) is 29.8 Å². The van der Waals surface area contributed by atoms with E-state index in [2.05, 4.69) is 0 Å². The van der Waals surface area contributed by atoms with E-state index in [0.717, 1.165) is 5.56 Å². The Balaban J connectivity index is 2.71. The molecule has 6 nitrogen and oxygen atoms in total. The van der Waals surface area contributed by atoms with Crippen LogP contribution in [-0.4, -0.2) is 46.1 Å². The Labute approximate surface area is 117 Å². The molecule has 0 heterocycles. The molecule has 0 radical (unpaired) electrons. The van der Waals surface area contributed by atoms with E-state index in [1.165, 1.54) is 24.1 Å². The monoisotopic (exact) mass is 280 g/mol. The predicted octanol–water partition coefficient (Wildman–Crippen LogP) is 0.584. The van der Waals surface area contributed by atoms with Gasteiger partial charge in [0.25, 0.3) is 0 Å². The fourth-order valence-corrected chi connectivity index (χ4v) is 2.00. The number of benzene rings is 1. The second-order valence-electron chi connectivity index (χ2n) is 4.69. The SMILES string of the molecule is CCC(C(=O)O)N(C)C(=O)[C@@H](N)Cc1ccc(O)cc1. The first-order valence-corrected chi connectivity index (χ1v) is 6.39. The lowest BCUT2D eigenvalue weighted by Crippen LogP contribution is -2.49. The highest BCUT2D eigenvalue weighted by atomic mass is 16.4. The number of hydrogen-bond donors (Lipinski definition) is 3. The molecule has 0 aliphatic carbocycles. The number of carbonyl (C=O) groups is 2. The summed E-state index contributed by atoms with van der Waals surface area (Å²) in [6, 6.07) is 4.71. The molecule has 1 unspecified atom stereocenters. The van der Waals surface area contributed by atoms with Gasteiger partial charge in [-0.25, -0.2) is 4.79 Å². The molecule has 1 amide bonds. The van der Waals surface area contributed by atoms with Crippen molar-refractivity contribution in [3.63, 3.8) is 0 Å². The quantitative estimate of drug-likeness (QED) is 0.707. The third-order valence-corrected chi connectivity index (χ3v) is 3.20. The normalized spacial score (nSPS) is 13.6. The molecule has 1 rings (SSSR count). The number of nitrogens with zero attached hydrogens (tertiary/aromatic N) is 1. The van der Waals surface area contributed by atoms with Gasteiger partial charge >= 0.3 is 5.97 Å². The van der Waals surface area contributed by atoms with Gasteiger partial charge in [-0.05, 0) is 30.5 Å².